The zero-order valence-corrected chi connectivity index (χ0v) is 7.14. The third kappa shape index (κ3) is 2.22. The first-order chi connectivity index (χ1) is 6.45. The molecule has 74 valence electrons. The van der Waals surface area contributed by atoms with Crippen molar-refractivity contribution in [2.45, 2.75) is 6.18 Å². The summed E-state index contributed by atoms with van der Waals surface area (Å²) in [4.78, 5) is 10.7. The predicted molar refractivity (Wildman–Crippen MR) is 46.9 cm³/mol. The summed E-state index contributed by atoms with van der Waals surface area (Å²) in [6.45, 7) is 3.45. The maximum atomic E-state index is 11.9. The zero-order valence-electron chi connectivity index (χ0n) is 7.14. The number of ketones is 1. The number of hydrogen-bond acceptors (Lipinski definition) is 1. The van der Waals surface area contributed by atoms with Gasteiger partial charge in [0.25, 0.3) is 5.78 Å². The van der Waals surface area contributed by atoms with Gasteiger partial charge in [-0.3, -0.25) is 4.79 Å². The Morgan fingerprint density at radius 1 is 1.21 bits per heavy atom. The first kappa shape index (κ1) is 10.5. The van der Waals surface area contributed by atoms with Crippen molar-refractivity contribution in [3.05, 3.63) is 42.0 Å². The molecular weight excluding hydrogens is 193 g/mol. The highest BCUT2D eigenvalue weighted by Gasteiger charge is 2.38. The van der Waals surface area contributed by atoms with Gasteiger partial charge in [0.05, 0.1) is 0 Å². The Hall–Kier alpha value is -1.58. The summed E-state index contributed by atoms with van der Waals surface area (Å²) in [5.41, 5.74) is 0.312. The van der Waals surface area contributed by atoms with Gasteiger partial charge in [-0.15, -0.1) is 0 Å². The molecule has 0 heterocycles. The van der Waals surface area contributed by atoms with Crippen LogP contribution in [0.4, 0.5) is 13.2 Å². The van der Waals surface area contributed by atoms with E-state index in [0.717, 1.165) is 12.1 Å². The van der Waals surface area contributed by atoms with E-state index in [1.165, 1.54) is 18.2 Å². The van der Waals surface area contributed by atoms with Crippen molar-refractivity contribution < 1.29 is 18.0 Å². The van der Waals surface area contributed by atoms with Gasteiger partial charge in [-0.1, -0.05) is 36.9 Å². The second kappa shape index (κ2) is 3.65. The molecule has 0 radical (unpaired) electrons. The summed E-state index contributed by atoms with van der Waals surface area (Å²) in [5.74, 6) is -1.83. The monoisotopic (exact) mass is 200 g/mol. The second-order valence-corrected chi connectivity index (χ2v) is 2.65. The van der Waals surface area contributed by atoms with Gasteiger partial charge in [-0.2, -0.15) is 13.2 Å². The average Bonchev–Trinajstić information content (AvgIpc) is 2.15. The fourth-order valence-electron chi connectivity index (χ4n) is 0.934. The van der Waals surface area contributed by atoms with Crippen molar-refractivity contribution in [2.75, 3.05) is 0 Å². The molecule has 0 amide bonds. The largest absolute Gasteiger partial charge is 0.454 e. The normalized spacial score (nSPS) is 11.1. The van der Waals surface area contributed by atoms with E-state index in [9.17, 15) is 18.0 Å². The van der Waals surface area contributed by atoms with Crippen molar-refractivity contribution in [1.82, 2.24) is 0 Å². The Kier molecular flexibility index (Phi) is 2.74. The van der Waals surface area contributed by atoms with Crippen LogP contribution >= 0.6 is 0 Å². The molecule has 1 aromatic carbocycles. The first-order valence-electron chi connectivity index (χ1n) is 3.79. The summed E-state index contributed by atoms with van der Waals surface area (Å²) < 4.78 is 35.8. The number of halogens is 3. The topological polar surface area (TPSA) is 17.1 Å². The Labute approximate surface area is 78.9 Å². The van der Waals surface area contributed by atoms with E-state index in [-0.39, 0.29) is 5.56 Å². The molecule has 0 bridgehead atoms. The fourth-order valence-corrected chi connectivity index (χ4v) is 0.934. The van der Waals surface area contributed by atoms with Gasteiger partial charge in [0, 0.05) is 5.56 Å². The van der Waals surface area contributed by atoms with Crippen LogP contribution in [0.25, 0.3) is 6.08 Å². The molecule has 14 heavy (non-hydrogen) atoms. The van der Waals surface area contributed by atoms with Crippen LogP contribution < -0.4 is 0 Å². The molecule has 4 heteroatoms. The lowest BCUT2D eigenvalue weighted by Gasteiger charge is -2.04. The van der Waals surface area contributed by atoms with Gasteiger partial charge in [0.15, 0.2) is 0 Å². The van der Waals surface area contributed by atoms with E-state index in [1.54, 1.807) is 0 Å². The van der Waals surface area contributed by atoms with E-state index >= 15 is 0 Å². The van der Waals surface area contributed by atoms with Crippen molar-refractivity contribution in [1.29, 1.82) is 0 Å². The SMILES string of the molecule is C=Cc1ccc(C(=O)C(F)(F)F)cc1. The minimum absolute atomic E-state index is 0.358. The molecule has 1 nitrogen and oxygen atoms in total. The third-order valence-electron chi connectivity index (χ3n) is 1.67. The highest BCUT2D eigenvalue weighted by molar-refractivity contribution is 6.00. The lowest BCUT2D eigenvalue weighted by atomic mass is 10.1. The van der Waals surface area contributed by atoms with Crippen LogP contribution in [0.15, 0.2) is 30.8 Å². The molecule has 0 aliphatic carbocycles. The Morgan fingerprint density at radius 3 is 2.07 bits per heavy atom. The van der Waals surface area contributed by atoms with Crippen LogP contribution in [0.3, 0.4) is 0 Å². The minimum Gasteiger partial charge on any atom is -0.284 e. The Balaban J connectivity index is 2.98. The van der Waals surface area contributed by atoms with Crippen LogP contribution in [0, 0.1) is 0 Å². The number of benzene rings is 1. The number of rotatable bonds is 2. The molecule has 0 saturated heterocycles. The van der Waals surface area contributed by atoms with Gasteiger partial charge in [0.2, 0.25) is 0 Å². The summed E-state index contributed by atoms with van der Waals surface area (Å²) in [7, 11) is 0. The summed E-state index contributed by atoms with van der Waals surface area (Å²) in [6.07, 6.45) is -3.32. The molecule has 0 aliphatic rings. The molecule has 0 fully saturated rings. The van der Waals surface area contributed by atoms with Crippen LogP contribution in [0.2, 0.25) is 0 Å². The summed E-state index contributed by atoms with van der Waals surface area (Å²) in [6, 6.07) is 5.08. The zero-order chi connectivity index (χ0) is 10.8. The predicted octanol–water partition coefficient (Wildman–Crippen LogP) is 3.07. The maximum absolute atomic E-state index is 11.9. The molecule has 0 N–H and O–H groups in total. The van der Waals surface area contributed by atoms with Crippen molar-refractivity contribution >= 4 is 11.9 Å². The molecule has 0 spiro atoms. The summed E-state index contributed by atoms with van der Waals surface area (Å²) >= 11 is 0. The van der Waals surface area contributed by atoms with E-state index in [2.05, 4.69) is 6.58 Å². The third-order valence-corrected chi connectivity index (χ3v) is 1.67. The van der Waals surface area contributed by atoms with Gasteiger partial charge < -0.3 is 0 Å². The second-order valence-electron chi connectivity index (χ2n) is 2.65. The standard InChI is InChI=1S/C10H7F3O/c1-2-7-3-5-8(6-4-7)9(14)10(11,12)13/h2-6H,1H2. The van der Waals surface area contributed by atoms with Gasteiger partial charge in [-0.25, -0.2) is 0 Å². The van der Waals surface area contributed by atoms with Gasteiger partial charge >= 0.3 is 6.18 Å². The van der Waals surface area contributed by atoms with Gasteiger partial charge in [0.1, 0.15) is 0 Å². The van der Waals surface area contributed by atoms with Gasteiger partial charge in [-0.05, 0) is 5.56 Å². The Bertz CT molecular complexity index is 349. The molecule has 0 saturated carbocycles. The van der Waals surface area contributed by atoms with Crippen LogP contribution in [-0.2, 0) is 0 Å². The fraction of sp³-hybridized carbons (Fsp3) is 0.100. The first-order valence-corrected chi connectivity index (χ1v) is 3.79. The minimum atomic E-state index is -4.81. The lowest BCUT2D eigenvalue weighted by molar-refractivity contribution is -0.0885. The van der Waals surface area contributed by atoms with E-state index in [4.69, 9.17) is 0 Å². The molecule has 1 aromatic rings. The Morgan fingerprint density at radius 2 is 1.71 bits per heavy atom. The molecular formula is C10H7F3O. The molecule has 0 aromatic heterocycles. The number of hydrogen-bond donors (Lipinski definition) is 0. The van der Waals surface area contributed by atoms with Crippen molar-refractivity contribution in [3.8, 4) is 0 Å². The number of Topliss-reactive ketones (excluding diaryl/α,β-unsaturated/α-hetero) is 1. The molecule has 0 aliphatic heterocycles. The lowest BCUT2D eigenvalue weighted by Crippen LogP contribution is -2.22. The van der Waals surface area contributed by atoms with Crippen molar-refractivity contribution in [3.63, 3.8) is 0 Å². The summed E-state index contributed by atoms with van der Waals surface area (Å²) in [5, 5.41) is 0. The quantitative estimate of drug-likeness (QED) is 0.670. The number of carbonyl (C=O) groups excluding carboxylic acids is 1. The number of carbonyl (C=O) groups is 1. The number of alkyl halides is 3. The molecule has 0 unspecified atom stereocenters. The van der Waals surface area contributed by atoms with E-state index < -0.39 is 12.0 Å². The maximum Gasteiger partial charge on any atom is 0.454 e. The highest BCUT2D eigenvalue weighted by atomic mass is 19.4. The highest BCUT2D eigenvalue weighted by Crippen LogP contribution is 2.21. The van der Waals surface area contributed by atoms with Crippen LogP contribution in [-0.4, -0.2) is 12.0 Å². The van der Waals surface area contributed by atoms with E-state index in [0.29, 0.717) is 5.56 Å². The molecule has 0 atom stereocenters. The van der Waals surface area contributed by atoms with E-state index in [1.807, 2.05) is 0 Å². The van der Waals surface area contributed by atoms with Crippen molar-refractivity contribution in [2.24, 2.45) is 0 Å². The smallest absolute Gasteiger partial charge is 0.284 e. The molecule has 1 rings (SSSR count). The van der Waals surface area contributed by atoms with Crippen LogP contribution in [0.1, 0.15) is 15.9 Å². The van der Waals surface area contributed by atoms with Crippen LogP contribution in [0.5, 0.6) is 0 Å². The average molecular weight is 200 g/mol.